The molecule has 2 atom stereocenters. The van der Waals surface area contributed by atoms with Crippen molar-refractivity contribution in [2.45, 2.75) is 9.67 Å². The molecule has 1 heterocycles. The zero-order valence-corrected chi connectivity index (χ0v) is 4.56. The van der Waals surface area contributed by atoms with Crippen LogP contribution in [0.3, 0.4) is 0 Å². The highest BCUT2D eigenvalue weighted by atomic mass is 35.6. The molecule has 0 unspecified atom stereocenters. The van der Waals surface area contributed by atoms with Gasteiger partial charge >= 0.3 is 9.67 Å². The van der Waals surface area contributed by atoms with E-state index in [0.717, 1.165) is 0 Å². The summed E-state index contributed by atoms with van der Waals surface area (Å²) in [6, 6.07) is 0. The maximum absolute atomic E-state index is 5.34. The lowest BCUT2D eigenvalue weighted by Gasteiger charge is -1.41. The Morgan fingerprint density at radius 1 is 1.20 bits per heavy atom. The fraction of sp³-hybridized carbons (Fsp3) is 1.00. The standard InChI is InChI=1S/C2H2Cl3/c3-1-2(4)5-1/h1-2H/q+1/t1-,2-/m0/s1. The van der Waals surface area contributed by atoms with Gasteiger partial charge in [0.15, 0.2) is 10.8 Å². The van der Waals surface area contributed by atoms with Crippen LogP contribution in [0.25, 0.3) is 0 Å². The van der Waals surface area contributed by atoms with Gasteiger partial charge in [-0.25, -0.2) is 0 Å². The van der Waals surface area contributed by atoms with E-state index in [0.29, 0.717) is 0 Å². The highest BCUT2D eigenvalue weighted by molar-refractivity contribution is 6.30. The lowest BCUT2D eigenvalue weighted by atomic mass is 11.0. The monoisotopic (exact) mass is 131 g/mol. The highest BCUT2D eigenvalue weighted by Crippen LogP contribution is 2.29. The van der Waals surface area contributed by atoms with Crippen LogP contribution < -0.4 is 0 Å². The van der Waals surface area contributed by atoms with E-state index in [4.69, 9.17) is 23.2 Å². The average molecular weight is 132 g/mol. The maximum atomic E-state index is 5.34. The van der Waals surface area contributed by atoms with Gasteiger partial charge in [-0.15, -0.1) is 0 Å². The van der Waals surface area contributed by atoms with Gasteiger partial charge in [0.05, 0.1) is 0 Å². The van der Waals surface area contributed by atoms with E-state index >= 15 is 0 Å². The van der Waals surface area contributed by atoms with Gasteiger partial charge in [0.25, 0.3) is 0 Å². The lowest BCUT2D eigenvalue weighted by Crippen LogP contribution is -1.63. The van der Waals surface area contributed by atoms with Crippen LogP contribution in [-0.4, -0.2) is 9.67 Å². The van der Waals surface area contributed by atoms with Crippen LogP contribution >= 0.6 is 23.2 Å². The highest BCUT2D eigenvalue weighted by Gasteiger charge is 2.56. The average Bonchev–Trinajstić information content (AvgIpc) is 1.79. The van der Waals surface area contributed by atoms with Gasteiger partial charge in [-0.05, 0) is 23.2 Å². The van der Waals surface area contributed by atoms with Gasteiger partial charge in [0.2, 0.25) is 0 Å². The second-order valence-electron chi connectivity index (χ2n) is 0.795. The Kier molecular flexibility index (Phi) is 0.952. The molecule has 3 heteroatoms. The Morgan fingerprint density at radius 2 is 1.40 bits per heavy atom. The molecular weight excluding hydrogens is 130 g/mol. The van der Waals surface area contributed by atoms with Crippen molar-refractivity contribution in [3.63, 3.8) is 0 Å². The molecule has 1 aliphatic heterocycles. The van der Waals surface area contributed by atoms with Gasteiger partial charge in [-0.3, -0.25) is 0 Å². The summed E-state index contributed by atoms with van der Waals surface area (Å²) in [6.45, 7) is 0. The van der Waals surface area contributed by atoms with E-state index in [2.05, 4.69) is 0 Å². The van der Waals surface area contributed by atoms with E-state index in [9.17, 15) is 0 Å². The molecule has 30 valence electrons. The molecule has 1 saturated heterocycles. The van der Waals surface area contributed by atoms with Crippen molar-refractivity contribution in [3.8, 4) is 0 Å². The zero-order chi connectivity index (χ0) is 3.86. The van der Waals surface area contributed by atoms with E-state index in [-0.39, 0.29) is 9.67 Å². The van der Waals surface area contributed by atoms with E-state index in [1.807, 2.05) is 10.8 Å². The first-order valence-corrected chi connectivity index (χ1v) is 2.95. The fourth-order valence-electron chi connectivity index (χ4n) is 0.0730. The molecule has 0 aromatic rings. The second-order valence-corrected chi connectivity index (χ2v) is 3.37. The van der Waals surface area contributed by atoms with Crippen molar-refractivity contribution in [3.05, 3.63) is 0 Å². The number of hydrogen-bond acceptors (Lipinski definition) is 0. The molecule has 0 spiro atoms. The predicted molar refractivity (Wildman–Crippen MR) is 19.3 cm³/mol. The normalized spacial score (nSPS) is 49.2. The van der Waals surface area contributed by atoms with Gasteiger partial charge in [-0.1, -0.05) is 0 Å². The van der Waals surface area contributed by atoms with Crippen molar-refractivity contribution in [2.75, 3.05) is 0 Å². The first-order valence-electron chi connectivity index (χ1n) is 1.21. The summed E-state index contributed by atoms with van der Waals surface area (Å²) in [4.78, 5) is 0.299. The molecule has 1 fully saturated rings. The topological polar surface area (TPSA) is 0 Å². The van der Waals surface area contributed by atoms with Crippen molar-refractivity contribution in [1.29, 1.82) is 0 Å². The first kappa shape index (κ1) is 4.04. The minimum atomic E-state index is 0.150. The minimum absolute atomic E-state index is 0.150. The van der Waals surface area contributed by atoms with Crippen LogP contribution in [0.2, 0.25) is 0 Å². The maximum Gasteiger partial charge on any atom is 0.328 e. The summed E-state index contributed by atoms with van der Waals surface area (Å²) in [6.07, 6.45) is 0. The van der Waals surface area contributed by atoms with Gasteiger partial charge in [0.1, 0.15) is 0 Å². The summed E-state index contributed by atoms with van der Waals surface area (Å²) >= 11 is 10.7. The van der Waals surface area contributed by atoms with E-state index in [1.54, 1.807) is 0 Å². The second kappa shape index (κ2) is 1.18. The molecule has 0 bridgehead atoms. The van der Waals surface area contributed by atoms with Crippen LogP contribution in [0.5, 0.6) is 0 Å². The smallest absolute Gasteiger partial charge is 0.0460 e. The van der Waals surface area contributed by atoms with Crippen molar-refractivity contribution < 1.29 is 10.8 Å². The fourth-order valence-corrected chi connectivity index (χ4v) is 0.981. The zero-order valence-electron chi connectivity index (χ0n) is 2.29. The molecule has 5 heavy (non-hydrogen) atoms. The molecule has 0 aromatic carbocycles. The molecule has 0 radical (unpaired) electrons. The summed E-state index contributed by atoms with van der Waals surface area (Å²) in [5.41, 5.74) is 0. The van der Waals surface area contributed by atoms with Crippen molar-refractivity contribution in [2.24, 2.45) is 0 Å². The van der Waals surface area contributed by atoms with Crippen LogP contribution in [-0.2, 0) is 0 Å². The summed E-state index contributed by atoms with van der Waals surface area (Å²) in [7, 11) is 1.96. The van der Waals surface area contributed by atoms with Crippen LogP contribution in [0.4, 0.5) is 0 Å². The van der Waals surface area contributed by atoms with Crippen LogP contribution in [0.15, 0.2) is 0 Å². The number of alkyl halides is 4. The Labute approximate surface area is 44.2 Å². The van der Waals surface area contributed by atoms with Crippen molar-refractivity contribution in [1.82, 2.24) is 0 Å². The van der Waals surface area contributed by atoms with Crippen LogP contribution in [0.1, 0.15) is 0 Å². The van der Waals surface area contributed by atoms with E-state index < -0.39 is 0 Å². The molecule has 0 nitrogen and oxygen atoms in total. The Hall–Kier alpha value is 0.870. The Balaban J connectivity index is 2.20. The molecule has 0 amide bonds. The molecular formula is C2H2Cl3+. The van der Waals surface area contributed by atoms with Crippen LogP contribution in [0, 0.1) is 10.8 Å². The number of halogens is 3. The Morgan fingerprint density at radius 3 is 1.40 bits per heavy atom. The van der Waals surface area contributed by atoms with Gasteiger partial charge in [0, 0.05) is 0 Å². The molecule has 0 aliphatic carbocycles. The molecule has 0 saturated carbocycles. The lowest BCUT2D eigenvalue weighted by molar-refractivity contribution is -0.492. The molecule has 0 N–H and O–H groups in total. The minimum Gasteiger partial charge on any atom is -0.0460 e. The molecule has 1 rings (SSSR count). The van der Waals surface area contributed by atoms with Gasteiger partial charge in [-0.2, -0.15) is 0 Å². The molecule has 1 aliphatic rings. The van der Waals surface area contributed by atoms with Gasteiger partial charge < -0.3 is 0 Å². The predicted octanol–water partition coefficient (Wildman–Crippen LogP) is 1.21. The third-order valence-corrected chi connectivity index (χ3v) is 2.52. The number of rotatable bonds is 0. The van der Waals surface area contributed by atoms with Crippen molar-refractivity contribution >= 4 is 23.2 Å². The van der Waals surface area contributed by atoms with E-state index in [1.165, 1.54) is 0 Å². The largest absolute Gasteiger partial charge is 0.328 e. The third kappa shape index (κ3) is 0.850. The summed E-state index contributed by atoms with van der Waals surface area (Å²) in [5.74, 6) is 0. The Bertz CT molecular complexity index is 38.2. The summed E-state index contributed by atoms with van der Waals surface area (Å²) in [5, 5.41) is 0. The quantitative estimate of drug-likeness (QED) is 0.435. The summed E-state index contributed by atoms with van der Waals surface area (Å²) < 4.78 is 0. The number of hydrogen-bond donors (Lipinski definition) is 0. The SMILES string of the molecule is Cl[C@H]1[Cl+][C@@H]1Cl. The third-order valence-electron chi connectivity index (χ3n) is 0.364. The first-order chi connectivity index (χ1) is 2.30. The molecule has 0 aromatic heterocycles.